The lowest BCUT2D eigenvalue weighted by Crippen LogP contribution is -2.18. The van der Waals surface area contributed by atoms with Crippen LogP contribution in [0.2, 0.25) is 0 Å². The van der Waals surface area contributed by atoms with Crippen LogP contribution in [0.4, 0.5) is 0 Å². The smallest absolute Gasteiger partial charge is 0.330 e. The van der Waals surface area contributed by atoms with Gasteiger partial charge in [0.05, 0.1) is 12.5 Å². The molecule has 14 heavy (non-hydrogen) atoms. The van der Waals surface area contributed by atoms with Crippen molar-refractivity contribution in [1.82, 2.24) is 0 Å². The van der Waals surface area contributed by atoms with Crippen LogP contribution >= 0.6 is 0 Å². The second-order valence-corrected chi connectivity index (χ2v) is 3.27. The Labute approximate surface area is 80.9 Å². The average molecular weight is 231 g/mol. The third-order valence-electron chi connectivity index (χ3n) is 1.05. The summed E-state index contributed by atoms with van der Waals surface area (Å²) in [5.41, 5.74) is 0. The molecule has 6 N–H and O–H groups in total. The third-order valence-corrected chi connectivity index (χ3v) is 1.05. The molecule has 0 saturated carbocycles. The lowest BCUT2D eigenvalue weighted by Gasteiger charge is -2.04. The summed E-state index contributed by atoms with van der Waals surface area (Å²) in [6, 6.07) is 0. The van der Waals surface area contributed by atoms with Crippen molar-refractivity contribution < 1.29 is 33.1 Å². The van der Waals surface area contributed by atoms with Crippen LogP contribution in [0.5, 0.6) is 0 Å². The highest BCUT2D eigenvalue weighted by Crippen LogP contribution is 1.99. The Morgan fingerprint density at radius 2 is 1.71 bits per heavy atom. The highest BCUT2D eigenvalue weighted by atomic mass is 32.2. The number of carbonyl (C=O) groups is 1. The van der Waals surface area contributed by atoms with E-state index in [4.69, 9.17) is 28.3 Å². The van der Waals surface area contributed by atoms with Crippen LogP contribution in [-0.2, 0) is 15.1 Å². The Kier molecular flexibility index (Phi) is 8.58. The zero-order valence-corrected chi connectivity index (χ0v) is 8.01. The zero-order valence-electron chi connectivity index (χ0n) is 7.20. The molecule has 86 valence electrons. The molecule has 1 unspecified atom stereocenters. The molecule has 0 aromatic carbocycles. The summed E-state index contributed by atoms with van der Waals surface area (Å²) in [6.07, 6.45) is 0.117. The molecule has 8 nitrogen and oxygen atoms in total. The standard InChI is InChI=1S/C5H10O4.H3NO3S/c6-2-1-4(3-7)5(8)9;1-5(2,3)4/h4,6-7H,1-3H2,(H,8,9);(H3,1,2,3,4). The number of carboxylic acid groups (broad SMARTS) is 1. The number of rotatable bonds is 4. The maximum absolute atomic E-state index is 10.0. The van der Waals surface area contributed by atoms with Crippen molar-refractivity contribution in [3.63, 3.8) is 0 Å². The monoisotopic (exact) mass is 231 g/mol. The van der Waals surface area contributed by atoms with Gasteiger partial charge in [-0.1, -0.05) is 0 Å². The summed E-state index contributed by atoms with van der Waals surface area (Å²) in [5, 5.41) is 28.7. The Balaban J connectivity index is 0. The van der Waals surface area contributed by atoms with Crippen molar-refractivity contribution in [3.05, 3.63) is 0 Å². The van der Waals surface area contributed by atoms with Gasteiger partial charge in [0.1, 0.15) is 0 Å². The van der Waals surface area contributed by atoms with E-state index < -0.39 is 28.8 Å². The number of aliphatic hydroxyl groups is 2. The molecule has 0 spiro atoms. The fraction of sp³-hybridized carbons (Fsp3) is 0.800. The van der Waals surface area contributed by atoms with Crippen molar-refractivity contribution in [2.24, 2.45) is 11.1 Å². The van der Waals surface area contributed by atoms with Crippen molar-refractivity contribution in [2.45, 2.75) is 6.42 Å². The second-order valence-electron chi connectivity index (χ2n) is 2.24. The molecule has 0 heterocycles. The quantitative estimate of drug-likeness (QED) is 0.343. The Morgan fingerprint density at radius 1 is 1.36 bits per heavy atom. The van der Waals surface area contributed by atoms with Crippen molar-refractivity contribution in [3.8, 4) is 0 Å². The zero-order chi connectivity index (χ0) is 11.8. The topological polar surface area (TPSA) is 158 Å². The maximum Gasteiger partial charge on any atom is 0.330 e. The van der Waals surface area contributed by atoms with Crippen LogP contribution in [0.25, 0.3) is 0 Å². The predicted octanol–water partition coefficient (Wildman–Crippen LogP) is -2.19. The van der Waals surface area contributed by atoms with E-state index in [9.17, 15) is 4.79 Å². The number of carboxylic acids is 1. The first-order valence-corrected chi connectivity index (χ1v) is 4.92. The number of hydrogen-bond acceptors (Lipinski definition) is 5. The summed E-state index contributed by atoms with van der Waals surface area (Å²) in [5.74, 6) is -1.87. The summed E-state index contributed by atoms with van der Waals surface area (Å²) in [6.45, 7) is -0.604. The number of hydrogen-bond donors (Lipinski definition) is 5. The van der Waals surface area contributed by atoms with E-state index in [1.54, 1.807) is 0 Å². The van der Waals surface area contributed by atoms with E-state index in [-0.39, 0.29) is 13.0 Å². The van der Waals surface area contributed by atoms with Gasteiger partial charge in [0.15, 0.2) is 0 Å². The molecular weight excluding hydrogens is 218 g/mol. The minimum absolute atomic E-state index is 0.117. The highest BCUT2D eigenvalue weighted by molar-refractivity contribution is 7.83. The van der Waals surface area contributed by atoms with E-state index >= 15 is 0 Å². The molecule has 0 rings (SSSR count). The van der Waals surface area contributed by atoms with E-state index in [1.165, 1.54) is 0 Å². The molecule has 1 atom stereocenters. The molecule has 0 aliphatic heterocycles. The van der Waals surface area contributed by atoms with Crippen LogP contribution in [0.15, 0.2) is 0 Å². The van der Waals surface area contributed by atoms with Crippen LogP contribution in [-0.4, -0.2) is 47.5 Å². The van der Waals surface area contributed by atoms with Crippen LogP contribution in [0, 0.1) is 5.92 Å². The normalized spacial score (nSPS) is 12.6. The average Bonchev–Trinajstić information content (AvgIpc) is 1.96. The summed E-state index contributed by atoms with van der Waals surface area (Å²) in [4.78, 5) is 10.0. The molecule has 0 fully saturated rings. The molecule has 0 aromatic heterocycles. The molecule has 0 radical (unpaired) electrons. The van der Waals surface area contributed by atoms with Gasteiger partial charge in [0.25, 0.3) is 0 Å². The van der Waals surface area contributed by atoms with Crippen molar-refractivity contribution in [2.75, 3.05) is 13.2 Å². The fourth-order valence-electron chi connectivity index (χ4n) is 0.449. The van der Waals surface area contributed by atoms with Crippen LogP contribution in [0.1, 0.15) is 6.42 Å². The fourth-order valence-corrected chi connectivity index (χ4v) is 0.449. The first-order chi connectivity index (χ1) is 6.22. The first-order valence-electron chi connectivity index (χ1n) is 3.42. The molecule has 0 bridgehead atoms. The third kappa shape index (κ3) is 17.4. The second kappa shape index (κ2) is 7.64. The lowest BCUT2D eigenvalue weighted by atomic mass is 10.1. The van der Waals surface area contributed by atoms with Gasteiger partial charge in [-0.3, -0.25) is 9.35 Å². The molecule has 0 saturated heterocycles. The number of aliphatic carboxylic acids is 1. The van der Waals surface area contributed by atoms with E-state index in [1.807, 2.05) is 0 Å². The molecule has 0 aliphatic rings. The minimum Gasteiger partial charge on any atom is -0.481 e. The maximum atomic E-state index is 10.0. The van der Waals surface area contributed by atoms with Crippen LogP contribution in [0.3, 0.4) is 0 Å². The Hall–Kier alpha value is -0.740. The summed E-state index contributed by atoms with van der Waals surface area (Å²) in [7, 11) is -4.17. The van der Waals surface area contributed by atoms with Gasteiger partial charge in [-0.15, -0.1) is 0 Å². The molecular formula is C5H13NO7S. The highest BCUT2D eigenvalue weighted by Gasteiger charge is 2.14. The van der Waals surface area contributed by atoms with E-state index in [2.05, 4.69) is 5.14 Å². The van der Waals surface area contributed by atoms with Gasteiger partial charge < -0.3 is 15.3 Å². The first kappa shape index (κ1) is 15.7. The summed E-state index contributed by atoms with van der Waals surface area (Å²) >= 11 is 0. The van der Waals surface area contributed by atoms with E-state index in [0.29, 0.717) is 0 Å². The largest absolute Gasteiger partial charge is 0.481 e. The van der Waals surface area contributed by atoms with Crippen molar-refractivity contribution in [1.29, 1.82) is 0 Å². The van der Waals surface area contributed by atoms with Crippen molar-refractivity contribution >= 4 is 16.3 Å². The predicted molar refractivity (Wildman–Crippen MR) is 45.7 cm³/mol. The SMILES string of the molecule is NS(=O)(=O)O.O=C(O)C(CO)CCO. The van der Waals surface area contributed by atoms with Gasteiger partial charge in [-0.25, -0.2) is 5.14 Å². The Bertz CT molecular complexity index is 241. The van der Waals surface area contributed by atoms with Gasteiger partial charge in [0, 0.05) is 6.61 Å². The van der Waals surface area contributed by atoms with Crippen LogP contribution < -0.4 is 5.14 Å². The molecule has 9 heteroatoms. The number of aliphatic hydroxyl groups excluding tert-OH is 2. The van der Waals surface area contributed by atoms with Gasteiger partial charge in [-0.05, 0) is 6.42 Å². The summed E-state index contributed by atoms with van der Waals surface area (Å²) < 4.78 is 25.2. The molecule has 0 aliphatic carbocycles. The lowest BCUT2D eigenvalue weighted by molar-refractivity contribution is -0.143. The molecule has 0 aromatic rings. The number of nitrogens with two attached hydrogens (primary N) is 1. The van der Waals surface area contributed by atoms with Gasteiger partial charge >= 0.3 is 16.3 Å². The van der Waals surface area contributed by atoms with Gasteiger partial charge in [-0.2, -0.15) is 8.42 Å². The molecule has 0 amide bonds. The Morgan fingerprint density at radius 3 is 1.79 bits per heavy atom. The van der Waals surface area contributed by atoms with E-state index in [0.717, 1.165) is 0 Å². The van der Waals surface area contributed by atoms with Gasteiger partial charge in [0.2, 0.25) is 0 Å². The minimum atomic E-state index is -4.17.